The van der Waals surface area contributed by atoms with Crippen LogP contribution in [0.1, 0.15) is 37.7 Å². The van der Waals surface area contributed by atoms with E-state index in [2.05, 4.69) is 36.3 Å². The van der Waals surface area contributed by atoms with Crippen LogP contribution in [-0.4, -0.2) is 28.9 Å². The molecule has 0 saturated carbocycles. The highest BCUT2D eigenvalue weighted by Crippen LogP contribution is 2.11. The van der Waals surface area contributed by atoms with Crippen LogP contribution in [0.4, 0.5) is 0 Å². The van der Waals surface area contributed by atoms with Gasteiger partial charge < -0.3 is 10.1 Å². The van der Waals surface area contributed by atoms with Crippen LogP contribution in [0.3, 0.4) is 0 Å². The highest BCUT2D eigenvalue weighted by atomic mass is 32.1. The van der Waals surface area contributed by atoms with Crippen LogP contribution < -0.4 is 5.32 Å². The molecule has 0 spiro atoms. The summed E-state index contributed by atoms with van der Waals surface area (Å²) in [5.41, 5.74) is 0.166. The Labute approximate surface area is 101 Å². The van der Waals surface area contributed by atoms with Gasteiger partial charge in [0.25, 0.3) is 0 Å². The van der Waals surface area contributed by atoms with E-state index in [1.165, 1.54) is 0 Å². The Bertz CT molecular complexity index is 306. The van der Waals surface area contributed by atoms with Crippen LogP contribution in [0.2, 0.25) is 0 Å². The number of hydrogen-bond acceptors (Lipinski definition) is 5. The van der Waals surface area contributed by atoms with Gasteiger partial charge in [0.2, 0.25) is 0 Å². The zero-order valence-corrected chi connectivity index (χ0v) is 11.4. The molecule has 0 fully saturated rings. The average Bonchev–Trinajstić information content (AvgIpc) is 2.61. The fourth-order valence-electron chi connectivity index (χ4n) is 1.18. The van der Waals surface area contributed by atoms with Crippen molar-refractivity contribution in [2.24, 2.45) is 0 Å². The predicted octanol–water partition coefficient (Wildman–Crippen LogP) is 2.01. The van der Waals surface area contributed by atoms with Gasteiger partial charge in [-0.1, -0.05) is 11.3 Å². The van der Waals surface area contributed by atoms with Gasteiger partial charge in [-0.25, -0.2) is 0 Å². The molecule has 92 valence electrons. The van der Waals surface area contributed by atoms with Crippen molar-refractivity contribution in [3.05, 3.63) is 10.0 Å². The largest absolute Gasteiger partial charge is 0.374 e. The molecule has 5 heteroatoms. The molecule has 1 aromatic heterocycles. The molecule has 0 aromatic carbocycles. The average molecular weight is 243 g/mol. The zero-order chi connectivity index (χ0) is 12.0. The standard InChI is InChI=1S/C11H21N3OS/c1-5-15-8-10-14-13-9(16-10)6-7-12-11(2,3)4/h12H,5-8H2,1-4H3. The summed E-state index contributed by atoms with van der Waals surface area (Å²) in [5.74, 6) is 0. The maximum atomic E-state index is 5.28. The van der Waals surface area contributed by atoms with Crippen LogP contribution >= 0.6 is 11.3 Å². The molecule has 0 aliphatic rings. The first-order valence-corrected chi connectivity index (χ1v) is 6.47. The third-order valence-corrected chi connectivity index (χ3v) is 2.89. The van der Waals surface area contributed by atoms with E-state index in [1.54, 1.807) is 11.3 Å². The van der Waals surface area contributed by atoms with Crippen LogP contribution in [-0.2, 0) is 17.8 Å². The van der Waals surface area contributed by atoms with E-state index >= 15 is 0 Å². The van der Waals surface area contributed by atoms with Gasteiger partial charge in [0, 0.05) is 25.1 Å². The second-order valence-corrected chi connectivity index (χ2v) is 5.80. The summed E-state index contributed by atoms with van der Waals surface area (Å²) in [6.45, 7) is 10.7. The van der Waals surface area contributed by atoms with Gasteiger partial charge in [0.15, 0.2) is 0 Å². The Hall–Kier alpha value is -0.520. The first kappa shape index (κ1) is 13.5. The molecule has 0 unspecified atom stereocenters. The third-order valence-electron chi connectivity index (χ3n) is 1.93. The van der Waals surface area contributed by atoms with E-state index in [0.717, 1.165) is 29.6 Å². The van der Waals surface area contributed by atoms with Crippen molar-refractivity contribution in [2.45, 2.75) is 46.3 Å². The molecule has 1 aromatic rings. The van der Waals surface area contributed by atoms with Crippen LogP contribution in [0, 0.1) is 0 Å². The summed E-state index contributed by atoms with van der Waals surface area (Å²) in [6, 6.07) is 0. The number of nitrogens with zero attached hydrogens (tertiary/aromatic N) is 2. The van der Waals surface area contributed by atoms with Crippen molar-refractivity contribution in [3.63, 3.8) is 0 Å². The van der Waals surface area contributed by atoms with Crippen molar-refractivity contribution in [3.8, 4) is 0 Å². The van der Waals surface area contributed by atoms with E-state index in [9.17, 15) is 0 Å². The van der Waals surface area contributed by atoms with Gasteiger partial charge in [0.05, 0.1) is 0 Å². The molecule has 0 aliphatic heterocycles. The molecule has 0 aliphatic carbocycles. The lowest BCUT2D eigenvalue weighted by Crippen LogP contribution is -2.37. The number of aromatic nitrogens is 2. The van der Waals surface area contributed by atoms with E-state index in [-0.39, 0.29) is 5.54 Å². The van der Waals surface area contributed by atoms with Gasteiger partial charge >= 0.3 is 0 Å². The van der Waals surface area contributed by atoms with Crippen molar-refractivity contribution >= 4 is 11.3 Å². The van der Waals surface area contributed by atoms with E-state index in [4.69, 9.17) is 4.74 Å². The van der Waals surface area contributed by atoms with E-state index < -0.39 is 0 Å². The van der Waals surface area contributed by atoms with Crippen molar-refractivity contribution in [1.29, 1.82) is 0 Å². The highest BCUT2D eigenvalue weighted by Gasteiger charge is 2.09. The first-order chi connectivity index (χ1) is 7.51. The monoisotopic (exact) mass is 243 g/mol. The summed E-state index contributed by atoms with van der Waals surface area (Å²) < 4.78 is 5.28. The van der Waals surface area contributed by atoms with Crippen LogP contribution in [0.25, 0.3) is 0 Å². The van der Waals surface area contributed by atoms with Crippen LogP contribution in [0.15, 0.2) is 0 Å². The Morgan fingerprint density at radius 3 is 2.56 bits per heavy atom. The highest BCUT2D eigenvalue weighted by molar-refractivity contribution is 7.11. The van der Waals surface area contributed by atoms with E-state index in [1.807, 2.05) is 6.92 Å². The first-order valence-electron chi connectivity index (χ1n) is 5.65. The number of nitrogens with one attached hydrogen (secondary N) is 1. The molecule has 4 nitrogen and oxygen atoms in total. The normalized spacial score (nSPS) is 12.0. The second-order valence-electron chi connectivity index (χ2n) is 4.65. The number of rotatable bonds is 6. The van der Waals surface area contributed by atoms with Gasteiger partial charge in [-0.3, -0.25) is 0 Å². The van der Waals surface area contributed by atoms with Gasteiger partial charge in [0.1, 0.15) is 16.6 Å². The molecule has 1 rings (SSSR count). The number of hydrogen-bond donors (Lipinski definition) is 1. The minimum atomic E-state index is 0.166. The minimum Gasteiger partial charge on any atom is -0.374 e. The Morgan fingerprint density at radius 1 is 1.25 bits per heavy atom. The molecule has 0 atom stereocenters. The summed E-state index contributed by atoms with van der Waals surface area (Å²) in [4.78, 5) is 0. The molecule has 1 heterocycles. The summed E-state index contributed by atoms with van der Waals surface area (Å²) >= 11 is 1.64. The summed E-state index contributed by atoms with van der Waals surface area (Å²) in [7, 11) is 0. The molecule has 1 N–H and O–H groups in total. The van der Waals surface area contributed by atoms with Crippen LogP contribution in [0.5, 0.6) is 0 Å². The summed E-state index contributed by atoms with van der Waals surface area (Å²) in [6.07, 6.45) is 0.932. The summed E-state index contributed by atoms with van der Waals surface area (Å²) in [5, 5.41) is 13.7. The smallest absolute Gasteiger partial charge is 0.143 e. The molecular weight excluding hydrogens is 222 g/mol. The lowest BCUT2D eigenvalue weighted by atomic mass is 10.1. The maximum absolute atomic E-state index is 5.28. The lowest BCUT2D eigenvalue weighted by molar-refractivity contribution is 0.133. The Morgan fingerprint density at radius 2 is 1.94 bits per heavy atom. The van der Waals surface area contributed by atoms with Crippen molar-refractivity contribution in [1.82, 2.24) is 15.5 Å². The molecule has 0 bridgehead atoms. The minimum absolute atomic E-state index is 0.166. The van der Waals surface area contributed by atoms with E-state index in [0.29, 0.717) is 6.61 Å². The Kier molecular flexibility index (Phi) is 5.31. The second kappa shape index (κ2) is 6.27. The van der Waals surface area contributed by atoms with Gasteiger partial charge in [-0.2, -0.15) is 0 Å². The van der Waals surface area contributed by atoms with Gasteiger partial charge in [-0.15, -0.1) is 10.2 Å². The molecule has 0 amide bonds. The lowest BCUT2D eigenvalue weighted by Gasteiger charge is -2.19. The van der Waals surface area contributed by atoms with Crippen molar-refractivity contribution < 1.29 is 4.74 Å². The van der Waals surface area contributed by atoms with Crippen molar-refractivity contribution in [2.75, 3.05) is 13.2 Å². The molecular formula is C11H21N3OS. The predicted molar refractivity (Wildman–Crippen MR) is 66.7 cm³/mol. The topological polar surface area (TPSA) is 47.0 Å². The number of ether oxygens (including phenoxy) is 1. The molecule has 16 heavy (non-hydrogen) atoms. The Balaban J connectivity index is 2.29. The molecule has 0 radical (unpaired) electrons. The SMILES string of the molecule is CCOCc1nnc(CCNC(C)(C)C)s1. The maximum Gasteiger partial charge on any atom is 0.143 e. The van der Waals surface area contributed by atoms with Gasteiger partial charge in [-0.05, 0) is 27.7 Å². The third kappa shape index (κ3) is 5.53. The zero-order valence-electron chi connectivity index (χ0n) is 10.5. The quantitative estimate of drug-likeness (QED) is 0.830. The fourth-order valence-corrected chi connectivity index (χ4v) is 1.96. The fraction of sp³-hybridized carbons (Fsp3) is 0.818. The molecule has 0 saturated heterocycles.